The molecule has 0 saturated carbocycles. The van der Waals surface area contributed by atoms with Crippen molar-refractivity contribution in [3.05, 3.63) is 54.6 Å². The summed E-state index contributed by atoms with van der Waals surface area (Å²) in [5.41, 5.74) is -0.686. The number of carbonyl (C=O) groups excluding carboxylic acids is 1. The minimum Gasteiger partial charge on any atom is -0.480 e. The number of carboxylic acids is 1. The van der Waals surface area contributed by atoms with Gasteiger partial charge in [-0.15, -0.1) is 11.8 Å². The molecule has 0 bridgehead atoms. The van der Waals surface area contributed by atoms with Crippen LogP contribution in [0, 0.1) is 0 Å². The molecule has 0 aliphatic rings. The van der Waals surface area contributed by atoms with Crippen molar-refractivity contribution in [1.29, 1.82) is 0 Å². The zero-order valence-corrected chi connectivity index (χ0v) is 16.3. The third-order valence-corrected chi connectivity index (χ3v) is 4.31. The van der Waals surface area contributed by atoms with Gasteiger partial charge in [0, 0.05) is 10.6 Å². The maximum atomic E-state index is 11.8. The molecule has 2 rings (SSSR count). The Morgan fingerprint density at radius 1 is 1.04 bits per heavy atom. The van der Waals surface area contributed by atoms with Crippen LogP contribution in [0.25, 0.3) is 0 Å². The smallest absolute Gasteiger partial charge is 0.408 e. The fourth-order valence-corrected chi connectivity index (χ4v) is 2.95. The lowest BCUT2D eigenvalue weighted by Crippen LogP contribution is -2.44. The van der Waals surface area contributed by atoms with Gasteiger partial charge in [0.1, 0.15) is 23.1 Å². The topological polar surface area (TPSA) is 84.9 Å². The van der Waals surface area contributed by atoms with Crippen LogP contribution in [0.4, 0.5) is 4.79 Å². The second-order valence-corrected chi connectivity index (χ2v) is 7.83. The third kappa shape index (κ3) is 7.62. The van der Waals surface area contributed by atoms with Gasteiger partial charge in [0.05, 0.1) is 0 Å². The minimum absolute atomic E-state index is 0.174. The van der Waals surface area contributed by atoms with Gasteiger partial charge in [0.2, 0.25) is 0 Å². The molecule has 0 fully saturated rings. The van der Waals surface area contributed by atoms with Crippen LogP contribution in [0.2, 0.25) is 0 Å². The zero-order chi connectivity index (χ0) is 19.9. The molecule has 2 N–H and O–H groups in total. The highest BCUT2D eigenvalue weighted by atomic mass is 32.2. The monoisotopic (exact) mass is 389 g/mol. The van der Waals surface area contributed by atoms with Crippen molar-refractivity contribution in [2.45, 2.75) is 37.3 Å². The van der Waals surface area contributed by atoms with E-state index < -0.39 is 23.7 Å². The normalized spacial score (nSPS) is 12.1. The highest BCUT2D eigenvalue weighted by Gasteiger charge is 2.24. The molecule has 0 radical (unpaired) electrons. The first-order valence-electron chi connectivity index (χ1n) is 8.41. The largest absolute Gasteiger partial charge is 0.480 e. The lowest BCUT2D eigenvalue weighted by Gasteiger charge is -2.21. The molecule has 2 aromatic carbocycles. The molecule has 0 saturated heterocycles. The number of amides is 1. The van der Waals surface area contributed by atoms with Crippen LogP contribution >= 0.6 is 11.8 Å². The van der Waals surface area contributed by atoms with Gasteiger partial charge in [-0.05, 0) is 57.2 Å². The maximum absolute atomic E-state index is 11.8. The summed E-state index contributed by atoms with van der Waals surface area (Å²) in [7, 11) is 0. The summed E-state index contributed by atoms with van der Waals surface area (Å²) in [5.74, 6) is 0.489. The molecule has 7 heteroatoms. The van der Waals surface area contributed by atoms with Gasteiger partial charge in [-0.2, -0.15) is 0 Å². The molecule has 0 unspecified atom stereocenters. The molecule has 0 aromatic heterocycles. The van der Waals surface area contributed by atoms with E-state index in [9.17, 15) is 14.7 Å². The van der Waals surface area contributed by atoms with Gasteiger partial charge < -0.3 is 19.9 Å². The van der Waals surface area contributed by atoms with E-state index >= 15 is 0 Å². The van der Waals surface area contributed by atoms with Crippen LogP contribution in [0.1, 0.15) is 20.8 Å². The van der Waals surface area contributed by atoms with Crippen molar-refractivity contribution < 1.29 is 24.2 Å². The first kappa shape index (κ1) is 20.6. The lowest BCUT2D eigenvalue weighted by molar-refractivity contribution is -0.138. The van der Waals surface area contributed by atoms with Crippen LogP contribution < -0.4 is 10.1 Å². The van der Waals surface area contributed by atoms with Crippen LogP contribution in [-0.2, 0) is 9.53 Å². The van der Waals surface area contributed by atoms with Crippen molar-refractivity contribution in [3.8, 4) is 11.5 Å². The number of thioether (sulfide) groups is 1. The molecule has 0 aliphatic carbocycles. The zero-order valence-electron chi connectivity index (χ0n) is 15.5. The van der Waals surface area contributed by atoms with Gasteiger partial charge in [-0.1, -0.05) is 18.2 Å². The number of aliphatic carboxylic acids is 1. The quantitative estimate of drug-likeness (QED) is 0.676. The minimum atomic E-state index is -1.11. The Labute approximate surface area is 162 Å². The number of ether oxygens (including phenoxy) is 2. The summed E-state index contributed by atoms with van der Waals surface area (Å²) in [4.78, 5) is 24.0. The van der Waals surface area contributed by atoms with E-state index in [4.69, 9.17) is 9.47 Å². The summed E-state index contributed by atoms with van der Waals surface area (Å²) in [6.07, 6.45) is -0.748. The molecule has 0 heterocycles. The van der Waals surface area contributed by atoms with Crippen LogP contribution in [0.5, 0.6) is 11.5 Å². The number of hydrogen-bond donors (Lipinski definition) is 2. The van der Waals surface area contributed by atoms with Crippen molar-refractivity contribution >= 4 is 23.8 Å². The van der Waals surface area contributed by atoms with Crippen molar-refractivity contribution in [2.24, 2.45) is 0 Å². The van der Waals surface area contributed by atoms with Gasteiger partial charge in [0.25, 0.3) is 0 Å². The number of alkyl carbamates (subject to hydrolysis) is 1. The summed E-state index contributed by atoms with van der Waals surface area (Å²) in [5, 5.41) is 11.7. The van der Waals surface area contributed by atoms with E-state index in [-0.39, 0.29) is 5.75 Å². The molecule has 2 aromatic rings. The number of carboxylic acid groups (broad SMARTS) is 1. The Morgan fingerprint density at radius 2 is 1.63 bits per heavy atom. The predicted molar refractivity (Wildman–Crippen MR) is 104 cm³/mol. The fraction of sp³-hybridized carbons (Fsp3) is 0.300. The van der Waals surface area contributed by atoms with Crippen LogP contribution in [0.15, 0.2) is 59.5 Å². The summed E-state index contributed by atoms with van der Waals surface area (Å²) in [6.45, 7) is 5.16. The fourth-order valence-electron chi connectivity index (χ4n) is 2.03. The summed E-state index contributed by atoms with van der Waals surface area (Å²) in [6, 6.07) is 15.7. The summed E-state index contributed by atoms with van der Waals surface area (Å²) < 4.78 is 10.8. The second kappa shape index (κ2) is 9.32. The van der Waals surface area contributed by atoms with Crippen molar-refractivity contribution in [1.82, 2.24) is 5.32 Å². The van der Waals surface area contributed by atoms with Gasteiger partial charge >= 0.3 is 12.1 Å². The van der Waals surface area contributed by atoms with Gasteiger partial charge in [-0.3, -0.25) is 0 Å². The molecule has 1 atom stereocenters. The Morgan fingerprint density at radius 3 is 2.19 bits per heavy atom. The molecule has 0 aliphatic heterocycles. The Balaban J connectivity index is 1.89. The first-order valence-corrected chi connectivity index (χ1v) is 9.39. The molecule has 27 heavy (non-hydrogen) atoms. The Hall–Kier alpha value is -2.67. The second-order valence-electron chi connectivity index (χ2n) is 6.73. The highest BCUT2D eigenvalue weighted by molar-refractivity contribution is 7.99. The van der Waals surface area contributed by atoms with E-state index in [1.165, 1.54) is 11.8 Å². The van der Waals surface area contributed by atoms with E-state index in [1.807, 2.05) is 54.6 Å². The van der Waals surface area contributed by atoms with Crippen LogP contribution in [0.3, 0.4) is 0 Å². The number of benzene rings is 2. The molecule has 144 valence electrons. The van der Waals surface area contributed by atoms with E-state index in [0.29, 0.717) is 5.75 Å². The number of nitrogens with one attached hydrogen (secondary N) is 1. The molecule has 1 amide bonds. The number of hydrogen-bond acceptors (Lipinski definition) is 5. The predicted octanol–water partition coefficient (Wildman–Crippen LogP) is 4.55. The first-order chi connectivity index (χ1) is 12.7. The van der Waals surface area contributed by atoms with Crippen molar-refractivity contribution in [3.63, 3.8) is 0 Å². The van der Waals surface area contributed by atoms with Crippen LogP contribution in [-0.4, -0.2) is 34.6 Å². The molecular formula is C20H23NO5S. The maximum Gasteiger partial charge on any atom is 0.408 e. The van der Waals surface area contributed by atoms with E-state index in [2.05, 4.69) is 5.32 Å². The standard InChI is InChI=1S/C20H23NO5S/c1-20(2,3)26-19(24)21-17(18(22)23)13-27-16-11-9-15(10-12-16)25-14-7-5-4-6-8-14/h4-12,17H,13H2,1-3H3,(H,21,24)(H,22,23)/t17-/m0/s1. The highest BCUT2D eigenvalue weighted by Crippen LogP contribution is 2.25. The van der Waals surface area contributed by atoms with Gasteiger partial charge in [-0.25, -0.2) is 9.59 Å². The molecular weight excluding hydrogens is 366 g/mol. The Kier molecular flexibility index (Phi) is 7.12. The van der Waals surface area contributed by atoms with E-state index in [0.717, 1.165) is 10.6 Å². The third-order valence-electron chi connectivity index (χ3n) is 3.21. The van der Waals surface area contributed by atoms with E-state index in [1.54, 1.807) is 20.8 Å². The molecule has 0 spiro atoms. The van der Waals surface area contributed by atoms with Gasteiger partial charge in [0.15, 0.2) is 0 Å². The number of rotatable bonds is 7. The molecule has 6 nitrogen and oxygen atoms in total. The SMILES string of the molecule is CC(C)(C)OC(=O)N[C@@H](CSc1ccc(Oc2ccccc2)cc1)C(=O)O. The van der Waals surface area contributed by atoms with Crippen molar-refractivity contribution in [2.75, 3.05) is 5.75 Å². The number of para-hydroxylation sites is 1. The summed E-state index contributed by atoms with van der Waals surface area (Å²) >= 11 is 1.33. The average molecular weight is 389 g/mol. The lowest BCUT2D eigenvalue weighted by atomic mass is 10.2. The Bertz CT molecular complexity index is 756. The average Bonchev–Trinajstić information content (AvgIpc) is 2.59. The number of carbonyl (C=O) groups is 2.